The van der Waals surface area contributed by atoms with Gasteiger partial charge in [0, 0.05) is 16.0 Å². The standard InChI is InChI=1S/C17H19BrClNO/c1-2-20-11-17(14-5-7-15(18)8-6-14)21-12-13-3-9-16(19)10-4-13/h3-10,17,20H,2,11-12H2,1H3. The molecule has 0 saturated carbocycles. The number of rotatable bonds is 7. The summed E-state index contributed by atoms with van der Waals surface area (Å²) in [6.07, 6.45) is 0.0359. The molecule has 4 heteroatoms. The highest BCUT2D eigenvalue weighted by Crippen LogP contribution is 2.21. The summed E-state index contributed by atoms with van der Waals surface area (Å²) in [5.41, 5.74) is 2.30. The SMILES string of the molecule is CCNCC(OCc1ccc(Cl)cc1)c1ccc(Br)cc1. The van der Waals surface area contributed by atoms with Gasteiger partial charge < -0.3 is 10.1 Å². The first-order chi connectivity index (χ1) is 10.2. The summed E-state index contributed by atoms with van der Waals surface area (Å²) in [7, 11) is 0. The summed E-state index contributed by atoms with van der Waals surface area (Å²) in [4.78, 5) is 0. The van der Waals surface area contributed by atoms with Crippen molar-refractivity contribution in [1.82, 2.24) is 5.32 Å². The molecule has 112 valence electrons. The van der Waals surface area contributed by atoms with Crippen molar-refractivity contribution in [2.24, 2.45) is 0 Å². The summed E-state index contributed by atoms with van der Waals surface area (Å²) in [5, 5.41) is 4.10. The summed E-state index contributed by atoms with van der Waals surface area (Å²) >= 11 is 9.36. The summed E-state index contributed by atoms with van der Waals surface area (Å²) < 4.78 is 7.15. The molecule has 1 unspecified atom stereocenters. The van der Waals surface area contributed by atoms with Gasteiger partial charge in [-0.05, 0) is 41.9 Å². The van der Waals surface area contributed by atoms with E-state index >= 15 is 0 Å². The zero-order valence-electron chi connectivity index (χ0n) is 12.0. The van der Waals surface area contributed by atoms with E-state index in [4.69, 9.17) is 16.3 Å². The molecule has 1 atom stereocenters. The maximum atomic E-state index is 6.08. The highest BCUT2D eigenvalue weighted by Gasteiger charge is 2.11. The number of nitrogens with one attached hydrogen (secondary N) is 1. The Hall–Kier alpha value is -0.870. The second-order valence-corrected chi connectivity index (χ2v) is 6.14. The summed E-state index contributed by atoms with van der Waals surface area (Å²) in [6, 6.07) is 16.0. The fourth-order valence-electron chi connectivity index (χ4n) is 2.00. The molecule has 2 aromatic rings. The van der Waals surface area contributed by atoms with Crippen LogP contribution < -0.4 is 5.32 Å². The van der Waals surface area contributed by atoms with E-state index in [2.05, 4.69) is 40.3 Å². The van der Waals surface area contributed by atoms with Crippen molar-refractivity contribution in [3.05, 3.63) is 69.2 Å². The van der Waals surface area contributed by atoms with E-state index in [-0.39, 0.29) is 6.10 Å². The van der Waals surface area contributed by atoms with Crippen LogP contribution in [0.2, 0.25) is 5.02 Å². The van der Waals surface area contributed by atoms with Crippen molar-refractivity contribution < 1.29 is 4.74 Å². The average Bonchev–Trinajstić information content (AvgIpc) is 2.50. The van der Waals surface area contributed by atoms with Crippen molar-refractivity contribution in [2.45, 2.75) is 19.6 Å². The molecule has 0 aliphatic rings. The monoisotopic (exact) mass is 367 g/mol. The van der Waals surface area contributed by atoms with Crippen LogP contribution in [0.3, 0.4) is 0 Å². The lowest BCUT2D eigenvalue weighted by molar-refractivity contribution is 0.0401. The minimum Gasteiger partial charge on any atom is -0.368 e. The Morgan fingerprint density at radius 2 is 1.76 bits per heavy atom. The van der Waals surface area contributed by atoms with E-state index in [0.717, 1.165) is 28.1 Å². The van der Waals surface area contributed by atoms with Crippen LogP contribution in [0.5, 0.6) is 0 Å². The highest BCUT2D eigenvalue weighted by atomic mass is 79.9. The Labute approximate surface area is 139 Å². The predicted octanol–water partition coefficient (Wildman–Crippen LogP) is 4.97. The van der Waals surface area contributed by atoms with Crippen molar-refractivity contribution in [3.63, 3.8) is 0 Å². The van der Waals surface area contributed by atoms with Gasteiger partial charge in [0.25, 0.3) is 0 Å². The van der Waals surface area contributed by atoms with Crippen LogP contribution >= 0.6 is 27.5 Å². The van der Waals surface area contributed by atoms with Gasteiger partial charge in [0.1, 0.15) is 0 Å². The first-order valence-electron chi connectivity index (χ1n) is 7.01. The van der Waals surface area contributed by atoms with Crippen LogP contribution in [-0.4, -0.2) is 13.1 Å². The number of halogens is 2. The number of hydrogen-bond acceptors (Lipinski definition) is 2. The van der Waals surface area contributed by atoms with Crippen molar-refractivity contribution in [1.29, 1.82) is 0 Å². The van der Waals surface area contributed by atoms with E-state index in [1.807, 2.05) is 36.4 Å². The minimum absolute atomic E-state index is 0.0359. The summed E-state index contributed by atoms with van der Waals surface area (Å²) in [6.45, 7) is 4.39. The molecule has 0 heterocycles. The van der Waals surface area contributed by atoms with Gasteiger partial charge in [-0.25, -0.2) is 0 Å². The molecule has 0 saturated heterocycles. The molecule has 2 nitrogen and oxygen atoms in total. The van der Waals surface area contributed by atoms with E-state index < -0.39 is 0 Å². The average molecular weight is 369 g/mol. The van der Waals surface area contributed by atoms with E-state index in [9.17, 15) is 0 Å². The van der Waals surface area contributed by atoms with Crippen molar-refractivity contribution >= 4 is 27.5 Å². The second kappa shape index (κ2) is 8.54. The molecule has 0 bridgehead atoms. The molecule has 21 heavy (non-hydrogen) atoms. The highest BCUT2D eigenvalue weighted by molar-refractivity contribution is 9.10. The number of benzene rings is 2. The largest absolute Gasteiger partial charge is 0.368 e. The van der Waals surface area contributed by atoms with Crippen LogP contribution in [0.1, 0.15) is 24.2 Å². The van der Waals surface area contributed by atoms with E-state index in [1.54, 1.807) is 0 Å². The topological polar surface area (TPSA) is 21.3 Å². The van der Waals surface area contributed by atoms with Crippen LogP contribution in [0, 0.1) is 0 Å². The Balaban J connectivity index is 2.02. The fourth-order valence-corrected chi connectivity index (χ4v) is 2.39. The van der Waals surface area contributed by atoms with Crippen LogP contribution in [0.15, 0.2) is 53.0 Å². The quantitative estimate of drug-likeness (QED) is 0.745. The second-order valence-electron chi connectivity index (χ2n) is 4.79. The summed E-state index contributed by atoms with van der Waals surface area (Å²) in [5.74, 6) is 0. The van der Waals surface area contributed by atoms with Crippen molar-refractivity contribution in [2.75, 3.05) is 13.1 Å². The van der Waals surface area contributed by atoms with Crippen LogP contribution in [0.4, 0.5) is 0 Å². The van der Waals surface area contributed by atoms with Gasteiger partial charge in [-0.3, -0.25) is 0 Å². The molecular weight excluding hydrogens is 350 g/mol. The molecule has 0 amide bonds. The Kier molecular flexibility index (Phi) is 6.71. The molecule has 0 fully saturated rings. The van der Waals surface area contributed by atoms with E-state index in [1.165, 1.54) is 5.56 Å². The number of likely N-dealkylation sites (N-methyl/N-ethyl adjacent to an activating group) is 1. The molecule has 0 aliphatic heterocycles. The Bertz CT molecular complexity index is 542. The van der Waals surface area contributed by atoms with Gasteiger partial charge in [-0.2, -0.15) is 0 Å². The molecule has 0 aliphatic carbocycles. The molecule has 2 rings (SSSR count). The zero-order chi connectivity index (χ0) is 15.1. The van der Waals surface area contributed by atoms with Crippen LogP contribution in [-0.2, 0) is 11.3 Å². The molecule has 0 spiro atoms. The van der Waals surface area contributed by atoms with Gasteiger partial charge in [0.15, 0.2) is 0 Å². The molecular formula is C17H19BrClNO. The molecule has 0 aromatic heterocycles. The van der Waals surface area contributed by atoms with Gasteiger partial charge in [0.05, 0.1) is 12.7 Å². The Morgan fingerprint density at radius 3 is 2.38 bits per heavy atom. The lowest BCUT2D eigenvalue weighted by atomic mass is 10.1. The van der Waals surface area contributed by atoms with Crippen molar-refractivity contribution in [3.8, 4) is 0 Å². The maximum absolute atomic E-state index is 6.08. The third kappa shape index (κ3) is 5.44. The first kappa shape index (κ1) is 16.5. The lowest BCUT2D eigenvalue weighted by Crippen LogP contribution is -2.23. The van der Waals surface area contributed by atoms with Gasteiger partial charge >= 0.3 is 0 Å². The van der Waals surface area contributed by atoms with E-state index in [0.29, 0.717) is 6.61 Å². The third-order valence-electron chi connectivity index (χ3n) is 3.19. The molecule has 0 radical (unpaired) electrons. The Morgan fingerprint density at radius 1 is 1.10 bits per heavy atom. The minimum atomic E-state index is 0.0359. The normalized spacial score (nSPS) is 12.3. The van der Waals surface area contributed by atoms with Crippen LogP contribution in [0.25, 0.3) is 0 Å². The fraction of sp³-hybridized carbons (Fsp3) is 0.294. The van der Waals surface area contributed by atoms with Gasteiger partial charge in [-0.15, -0.1) is 0 Å². The third-order valence-corrected chi connectivity index (χ3v) is 3.97. The number of hydrogen-bond donors (Lipinski definition) is 1. The maximum Gasteiger partial charge on any atom is 0.0953 e. The first-order valence-corrected chi connectivity index (χ1v) is 8.18. The zero-order valence-corrected chi connectivity index (χ0v) is 14.3. The molecule has 2 aromatic carbocycles. The molecule has 1 N–H and O–H groups in total. The van der Waals surface area contributed by atoms with Gasteiger partial charge in [0.2, 0.25) is 0 Å². The number of ether oxygens (including phenoxy) is 1. The lowest BCUT2D eigenvalue weighted by Gasteiger charge is -2.19. The predicted molar refractivity (Wildman–Crippen MR) is 91.7 cm³/mol. The smallest absolute Gasteiger partial charge is 0.0953 e. The van der Waals surface area contributed by atoms with Gasteiger partial charge in [-0.1, -0.05) is 58.7 Å².